The summed E-state index contributed by atoms with van der Waals surface area (Å²) in [6, 6.07) is 2.68. The fraction of sp³-hybridized carbons (Fsp3) is 0.958. The van der Waals surface area contributed by atoms with Gasteiger partial charge >= 0.3 is 0 Å². The van der Waals surface area contributed by atoms with Crippen LogP contribution in [0.4, 0.5) is 0 Å². The van der Waals surface area contributed by atoms with E-state index in [-0.39, 0.29) is 45.2 Å². The minimum atomic E-state index is -0.341. The number of rotatable bonds is 1. The summed E-state index contributed by atoms with van der Waals surface area (Å²) in [6.45, 7) is 12.5. The first-order valence-electron chi connectivity index (χ1n) is 11.1. The molecule has 4 aliphatic carbocycles. The van der Waals surface area contributed by atoms with Crippen LogP contribution in [-0.4, -0.2) is 24.4 Å². The normalized spacial score (nSPS) is 60.1. The maximum Gasteiger partial charge on any atom is 0.0835 e. The van der Waals surface area contributed by atoms with Gasteiger partial charge in [-0.3, -0.25) is 0 Å². The highest BCUT2D eigenvalue weighted by Gasteiger charge is 2.72. The predicted octanol–water partition coefficient (Wildman–Crippen LogP) is 5.32. The molecule has 0 spiro atoms. The van der Waals surface area contributed by atoms with E-state index >= 15 is 0 Å². The molecule has 0 aliphatic heterocycles. The second-order valence-electron chi connectivity index (χ2n) is 11.7. The molecular weight excluding hydrogens is 334 g/mol. The van der Waals surface area contributed by atoms with E-state index in [1.54, 1.807) is 7.11 Å². The average Bonchev–Trinajstić information content (AvgIpc) is 2.88. The maximum absolute atomic E-state index is 10.7. The number of hydrogen-bond acceptors (Lipinski definition) is 3. The van der Waals surface area contributed by atoms with E-state index in [1.165, 1.54) is 32.1 Å². The van der Waals surface area contributed by atoms with E-state index in [4.69, 9.17) is 4.74 Å². The average molecular weight is 374 g/mol. The molecule has 0 unspecified atom stereocenters. The van der Waals surface area contributed by atoms with Crippen LogP contribution in [0.25, 0.3) is 0 Å². The molecule has 0 bridgehead atoms. The number of aliphatic hydroxyl groups is 1. The third-order valence-corrected chi connectivity index (χ3v) is 11.5. The summed E-state index contributed by atoms with van der Waals surface area (Å²) in [5.41, 5.74) is 0.992. The topological polar surface area (TPSA) is 53.2 Å². The molecule has 4 saturated carbocycles. The van der Waals surface area contributed by atoms with Gasteiger partial charge in [-0.15, -0.1) is 0 Å². The van der Waals surface area contributed by atoms with Gasteiger partial charge in [0.1, 0.15) is 0 Å². The van der Waals surface area contributed by atoms with Crippen molar-refractivity contribution in [3.63, 3.8) is 0 Å². The monoisotopic (exact) mass is 373 g/mol. The fourth-order valence-corrected chi connectivity index (χ4v) is 8.99. The van der Waals surface area contributed by atoms with Gasteiger partial charge in [-0.25, -0.2) is 0 Å². The number of nitriles is 1. The maximum atomic E-state index is 10.7. The highest BCUT2D eigenvalue weighted by atomic mass is 16.5. The van der Waals surface area contributed by atoms with E-state index < -0.39 is 0 Å². The molecule has 0 aromatic rings. The summed E-state index contributed by atoms with van der Waals surface area (Å²) < 4.78 is 5.76. The largest absolute Gasteiger partial charge is 0.390 e. The van der Waals surface area contributed by atoms with Crippen molar-refractivity contribution in [3.8, 4) is 6.07 Å². The molecule has 0 aromatic heterocycles. The van der Waals surface area contributed by atoms with Crippen LogP contribution in [0.3, 0.4) is 0 Å². The molecule has 0 saturated heterocycles. The summed E-state index contributed by atoms with van der Waals surface area (Å²) in [5, 5.41) is 20.5. The lowest BCUT2D eigenvalue weighted by Gasteiger charge is -2.73. The molecule has 4 rings (SSSR count). The first kappa shape index (κ1) is 19.7. The highest BCUT2D eigenvalue weighted by molar-refractivity contribution is 5.22. The number of ether oxygens (including phenoxy) is 1. The molecule has 3 heteroatoms. The van der Waals surface area contributed by atoms with Gasteiger partial charge in [0.15, 0.2) is 0 Å². The molecule has 0 aromatic carbocycles. The van der Waals surface area contributed by atoms with Crippen LogP contribution >= 0.6 is 0 Å². The van der Waals surface area contributed by atoms with E-state index in [0.717, 1.165) is 19.3 Å². The third-order valence-electron chi connectivity index (χ3n) is 11.5. The number of aliphatic hydroxyl groups excluding tert-OH is 1. The number of hydrogen-bond donors (Lipinski definition) is 1. The highest BCUT2D eigenvalue weighted by Crippen LogP contribution is 2.78. The molecule has 0 heterocycles. The summed E-state index contributed by atoms with van der Waals surface area (Å²) >= 11 is 0. The van der Waals surface area contributed by atoms with Crippen LogP contribution in [-0.2, 0) is 4.74 Å². The summed E-state index contributed by atoms with van der Waals surface area (Å²) in [5.74, 6) is 0.876. The first-order chi connectivity index (χ1) is 12.5. The minimum Gasteiger partial charge on any atom is -0.390 e. The van der Waals surface area contributed by atoms with E-state index in [9.17, 15) is 10.4 Å². The van der Waals surface area contributed by atoms with Crippen molar-refractivity contribution in [2.75, 3.05) is 7.11 Å². The second-order valence-corrected chi connectivity index (χ2v) is 11.7. The van der Waals surface area contributed by atoms with Gasteiger partial charge in [-0.1, -0.05) is 34.6 Å². The molecule has 3 nitrogen and oxygen atoms in total. The zero-order valence-corrected chi connectivity index (χ0v) is 18.3. The quantitative estimate of drug-likeness (QED) is 0.676. The zero-order valence-electron chi connectivity index (χ0n) is 18.3. The van der Waals surface area contributed by atoms with Crippen molar-refractivity contribution < 1.29 is 9.84 Å². The Morgan fingerprint density at radius 3 is 2.19 bits per heavy atom. The van der Waals surface area contributed by atoms with Gasteiger partial charge < -0.3 is 9.84 Å². The molecule has 9 atom stereocenters. The van der Waals surface area contributed by atoms with Crippen LogP contribution in [0.1, 0.15) is 86.0 Å². The lowest BCUT2D eigenvalue weighted by molar-refractivity contribution is -0.260. The van der Waals surface area contributed by atoms with Gasteiger partial charge in [0.2, 0.25) is 0 Å². The minimum absolute atomic E-state index is 0.0461. The van der Waals surface area contributed by atoms with Crippen molar-refractivity contribution in [3.05, 3.63) is 0 Å². The van der Waals surface area contributed by atoms with Crippen molar-refractivity contribution in [1.29, 1.82) is 5.26 Å². The van der Waals surface area contributed by atoms with E-state index in [1.807, 2.05) is 0 Å². The zero-order chi connectivity index (χ0) is 19.9. The van der Waals surface area contributed by atoms with Crippen molar-refractivity contribution in [2.24, 2.45) is 38.9 Å². The Balaban J connectivity index is 1.79. The van der Waals surface area contributed by atoms with Crippen molar-refractivity contribution in [1.82, 2.24) is 0 Å². The predicted molar refractivity (Wildman–Crippen MR) is 107 cm³/mol. The molecule has 152 valence electrons. The lowest BCUT2D eigenvalue weighted by atomic mass is 9.32. The third kappa shape index (κ3) is 2.10. The second kappa shape index (κ2) is 5.73. The molecular formula is C24H39NO2. The van der Waals surface area contributed by atoms with Crippen LogP contribution in [0.15, 0.2) is 0 Å². The molecule has 0 amide bonds. The van der Waals surface area contributed by atoms with Crippen molar-refractivity contribution in [2.45, 2.75) is 98.2 Å². The van der Waals surface area contributed by atoms with Gasteiger partial charge in [0, 0.05) is 7.11 Å². The molecule has 4 fully saturated rings. The SMILES string of the molecule is CO[C@@H]1C[C@@]2(C)[C@@](C)(CC[C@@H]3[C@]2(C)CC[C@]2(C)[C@@H](C#N)CC[C@@]32C)C[C@@H]1O. The van der Waals surface area contributed by atoms with Crippen LogP contribution in [0.5, 0.6) is 0 Å². The van der Waals surface area contributed by atoms with Gasteiger partial charge in [-0.05, 0) is 84.4 Å². The molecule has 0 radical (unpaired) electrons. The van der Waals surface area contributed by atoms with Crippen LogP contribution in [0, 0.1) is 50.2 Å². The Bertz CT molecular complexity index is 672. The summed E-state index contributed by atoms with van der Waals surface area (Å²) in [6.07, 6.45) is 8.52. The Kier molecular flexibility index (Phi) is 4.18. The Morgan fingerprint density at radius 1 is 0.889 bits per heavy atom. The summed E-state index contributed by atoms with van der Waals surface area (Å²) in [7, 11) is 1.76. The fourth-order valence-electron chi connectivity index (χ4n) is 8.99. The number of nitrogens with zero attached hydrogens (tertiary/aromatic N) is 1. The van der Waals surface area contributed by atoms with E-state index in [0.29, 0.717) is 5.92 Å². The standard InChI is InChI=1S/C24H39NO2/c1-20-9-8-19-22(3)10-7-16(15-25)21(22,2)11-12-23(19,4)24(20,5)14-18(27-6)17(26)13-20/h16-19,26H,7-14H2,1-6H3/t16-,17+,18-,19+,20+,21-,22+,23+,24+/m1/s1. The Labute approximate surface area is 165 Å². The van der Waals surface area contributed by atoms with Gasteiger partial charge in [-0.2, -0.15) is 5.26 Å². The van der Waals surface area contributed by atoms with Gasteiger partial charge in [0.25, 0.3) is 0 Å². The lowest BCUT2D eigenvalue weighted by Crippen LogP contribution is -2.67. The van der Waals surface area contributed by atoms with Crippen LogP contribution in [0.2, 0.25) is 0 Å². The Morgan fingerprint density at radius 2 is 1.56 bits per heavy atom. The number of fused-ring (bicyclic) bond motifs is 5. The first-order valence-corrected chi connectivity index (χ1v) is 11.1. The number of methoxy groups -OCH3 is 1. The van der Waals surface area contributed by atoms with Gasteiger partial charge in [0.05, 0.1) is 24.2 Å². The van der Waals surface area contributed by atoms with E-state index in [2.05, 4.69) is 40.7 Å². The molecule has 27 heavy (non-hydrogen) atoms. The molecule has 1 N–H and O–H groups in total. The smallest absolute Gasteiger partial charge is 0.0835 e. The van der Waals surface area contributed by atoms with Crippen molar-refractivity contribution >= 4 is 0 Å². The Hall–Kier alpha value is -0.590. The van der Waals surface area contributed by atoms with Crippen LogP contribution < -0.4 is 0 Å². The summed E-state index contributed by atoms with van der Waals surface area (Å²) in [4.78, 5) is 0. The molecule has 4 aliphatic rings.